The zero-order chi connectivity index (χ0) is 12.8. The molecule has 0 saturated carbocycles. The van der Waals surface area contributed by atoms with Crippen molar-refractivity contribution in [2.45, 2.75) is 32.1 Å². The predicted molar refractivity (Wildman–Crippen MR) is 80.4 cm³/mol. The molecule has 1 atom stereocenters. The number of anilines is 1. The monoisotopic (exact) mass is 265 g/mol. The number of pyridine rings is 1. The number of nitrogens with one attached hydrogen (secondary N) is 1. The SMILES string of the molecule is CCCNCc1ccnc(N2CCSC(C)C2)c1. The Hall–Kier alpha value is -0.740. The molecule has 4 heteroatoms. The van der Waals surface area contributed by atoms with E-state index >= 15 is 0 Å². The molecule has 0 radical (unpaired) electrons. The van der Waals surface area contributed by atoms with Crippen molar-refractivity contribution in [3.63, 3.8) is 0 Å². The van der Waals surface area contributed by atoms with Gasteiger partial charge in [-0.15, -0.1) is 0 Å². The molecule has 1 saturated heterocycles. The zero-order valence-corrected chi connectivity index (χ0v) is 12.2. The van der Waals surface area contributed by atoms with Gasteiger partial charge in [-0.3, -0.25) is 0 Å². The second kappa shape index (κ2) is 7.00. The van der Waals surface area contributed by atoms with Gasteiger partial charge >= 0.3 is 0 Å². The van der Waals surface area contributed by atoms with Gasteiger partial charge in [0.15, 0.2) is 0 Å². The molecule has 0 amide bonds. The largest absolute Gasteiger partial charge is 0.355 e. The molecule has 1 aliphatic rings. The van der Waals surface area contributed by atoms with Crippen LogP contribution in [0.1, 0.15) is 25.8 Å². The third-order valence-corrected chi connectivity index (χ3v) is 4.27. The minimum absolute atomic E-state index is 0.711. The average molecular weight is 265 g/mol. The maximum Gasteiger partial charge on any atom is 0.128 e. The van der Waals surface area contributed by atoms with Crippen LogP contribution in [0.3, 0.4) is 0 Å². The average Bonchev–Trinajstić information content (AvgIpc) is 2.39. The van der Waals surface area contributed by atoms with Crippen molar-refractivity contribution in [3.8, 4) is 0 Å². The summed E-state index contributed by atoms with van der Waals surface area (Å²) < 4.78 is 0. The molecule has 3 nitrogen and oxygen atoms in total. The summed E-state index contributed by atoms with van der Waals surface area (Å²) in [5.41, 5.74) is 1.33. The fourth-order valence-corrected chi connectivity index (χ4v) is 3.19. The maximum absolute atomic E-state index is 4.51. The molecule has 1 fully saturated rings. The van der Waals surface area contributed by atoms with Gasteiger partial charge in [0.05, 0.1) is 0 Å². The van der Waals surface area contributed by atoms with Crippen molar-refractivity contribution >= 4 is 17.6 Å². The van der Waals surface area contributed by atoms with Crippen molar-refractivity contribution in [2.24, 2.45) is 0 Å². The van der Waals surface area contributed by atoms with Gasteiger partial charge in [0, 0.05) is 36.8 Å². The summed E-state index contributed by atoms with van der Waals surface area (Å²) in [4.78, 5) is 6.92. The minimum Gasteiger partial charge on any atom is -0.355 e. The summed E-state index contributed by atoms with van der Waals surface area (Å²) in [6, 6.07) is 4.33. The Morgan fingerprint density at radius 3 is 3.22 bits per heavy atom. The Morgan fingerprint density at radius 1 is 1.56 bits per heavy atom. The highest BCUT2D eigenvalue weighted by Gasteiger charge is 2.17. The lowest BCUT2D eigenvalue weighted by molar-refractivity contribution is 0.674. The lowest BCUT2D eigenvalue weighted by Crippen LogP contribution is -2.37. The summed E-state index contributed by atoms with van der Waals surface area (Å²) in [6.45, 7) is 8.75. The highest BCUT2D eigenvalue weighted by molar-refractivity contribution is 8.00. The Kier molecular flexibility index (Phi) is 5.32. The van der Waals surface area contributed by atoms with Gasteiger partial charge in [0.25, 0.3) is 0 Å². The molecule has 2 rings (SSSR count). The molecular formula is C14H23N3S. The number of rotatable bonds is 5. The van der Waals surface area contributed by atoms with E-state index in [9.17, 15) is 0 Å². The normalized spacial score (nSPS) is 20.1. The van der Waals surface area contributed by atoms with Gasteiger partial charge in [0.2, 0.25) is 0 Å². The third-order valence-electron chi connectivity index (χ3n) is 3.13. The van der Waals surface area contributed by atoms with Gasteiger partial charge in [-0.1, -0.05) is 13.8 Å². The van der Waals surface area contributed by atoms with Crippen molar-refractivity contribution < 1.29 is 0 Å². The Morgan fingerprint density at radius 2 is 2.44 bits per heavy atom. The molecule has 18 heavy (non-hydrogen) atoms. The zero-order valence-electron chi connectivity index (χ0n) is 11.4. The van der Waals surface area contributed by atoms with Gasteiger partial charge in [-0.2, -0.15) is 11.8 Å². The van der Waals surface area contributed by atoms with E-state index in [2.05, 4.69) is 52.9 Å². The van der Waals surface area contributed by atoms with Gasteiger partial charge in [-0.05, 0) is 30.7 Å². The summed E-state index contributed by atoms with van der Waals surface area (Å²) in [7, 11) is 0. The third kappa shape index (κ3) is 3.89. The van der Waals surface area contributed by atoms with Gasteiger partial charge in [-0.25, -0.2) is 4.98 Å². The van der Waals surface area contributed by atoms with E-state index in [1.165, 1.54) is 17.7 Å². The highest BCUT2D eigenvalue weighted by atomic mass is 32.2. The first-order chi connectivity index (χ1) is 8.79. The van der Waals surface area contributed by atoms with E-state index in [0.717, 1.165) is 32.0 Å². The van der Waals surface area contributed by atoms with Crippen LogP contribution in [0, 0.1) is 0 Å². The van der Waals surface area contributed by atoms with E-state index in [4.69, 9.17) is 0 Å². The van der Waals surface area contributed by atoms with Crippen LogP contribution in [0.2, 0.25) is 0 Å². The lowest BCUT2D eigenvalue weighted by Gasteiger charge is -2.31. The van der Waals surface area contributed by atoms with Crippen molar-refractivity contribution in [3.05, 3.63) is 23.9 Å². The fraction of sp³-hybridized carbons (Fsp3) is 0.643. The molecule has 0 aromatic carbocycles. The molecule has 0 aliphatic carbocycles. The van der Waals surface area contributed by atoms with Crippen LogP contribution in [0.15, 0.2) is 18.3 Å². The van der Waals surface area contributed by atoms with Gasteiger partial charge < -0.3 is 10.2 Å². The van der Waals surface area contributed by atoms with E-state index in [1.54, 1.807) is 0 Å². The Balaban J connectivity index is 1.97. The first-order valence-corrected chi connectivity index (χ1v) is 7.86. The van der Waals surface area contributed by atoms with Crippen LogP contribution in [0.25, 0.3) is 0 Å². The molecule has 1 aromatic heterocycles. The lowest BCUT2D eigenvalue weighted by atomic mass is 10.2. The van der Waals surface area contributed by atoms with Crippen LogP contribution in [-0.4, -0.2) is 35.6 Å². The van der Waals surface area contributed by atoms with Crippen molar-refractivity contribution in [1.82, 2.24) is 10.3 Å². The van der Waals surface area contributed by atoms with Gasteiger partial charge in [0.1, 0.15) is 5.82 Å². The summed E-state index contributed by atoms with van der Waals surface area (Å²) >= 11 is 2.06. The Labute approximate surface area is 114 Å². The molecule has 0 spiro atoms. The quantitative estimate of drug-likeness (QED) is 0.828. The van der Waals surface area contributed by atoms with Crippen molar-refractivity contribution in [1.29, 1.82) is 0 Å². The van der Waals surface area contributed by atoms with Crippen LogP contribution in [0.5, 0.6) is 0 Å². The predicted octanol–water partition coefficient (Wildman–Crippen LogP) is 2.52. The first kappa shape index (κ1) is 13.7. The van der Waals surface area contributed by atoms with E-state index in [0.29, 0.717) is 5.25 Å². The summed E-state index contributed by atoms with van der Waals surface area (Å²) in [6.07, 6.45) is 3.11. The van der Waals surface area contributed by atoms with Crippen LogP contribution in [0.4, 0.5) is 5.82 Å². The van der Waals surface area contributed by atoms with Crippen molar-refractivity contribution in [2.75, 3.05) is 30.3 Å². The van der Waals surface area contributed by atoms with Crippen LogP contribution >= 0.6 is 11.8 Å². The second-order valence-electron chi connectivity index (χ2n) is 4.83. The van der Waals surface area contributed by atoms with E-state index < -0.39 is 0 Å². The summed E-state index contributed by atoms with van der Waals surface area (Å²) in [5.74, 6) is 2.35. The second-order valence-corrected chi connectivity index (χ2v) is 6.37. The van der Waals surface area contributed by atoms with Crippen LogP contribution < -0.4 is 10.2 Å². The summed E-state index contributed by atoms with van der Waals surface area (Å²) in [5, 5.41) is 4.15. The number of nitrogens with zero attached hydrogens (tertiary/aromatic N) is 2. The molecule has 100 valence electrons. The minimum atomic E-state index is 0.711. The highest BCUT2D eigenvalue weighted by Crippen LogP contribution is 2.22. The molecule has 1 aromatic rings. The van der Waals surface area contributed by atoms with E-state index in [-0.39, 0.29) is 0 Å². The van der Waals surface area contributed by atoms with E-state index in [1.807, 2.05) is 6.20 Å². The molecular weight excluding hydrogens is 242 g/mol. The number of aromatic nitrogens is 1. The molecule has 2 heterocycles. The number of hydrogen-bond acceptors (Lipinski definition) is 4. The standard InChI is InChI=1S/C14H23N3S/c1-3-5-15-10-13-4-6-16-14(9-13)17-7-8-18-12(2)11-17/h4,6,9,12,15H,3,5,7-8,10-11H2,1-2H3. The smallest absolute Gasteiger partial charge is 0.128 e. The fourth-order valence-electron chi connectivity index (χ4n) is 2.18. The maximum atomic E-state index is 4.51. The molecule has 1 aliphatic heterocycles. The number of thioether (sulfide) groups is 1. The number of hydrogen-bond donors (Lipinski definition) is 1. The first-order valence-electron chi connectivity index (χ1n) is 6.81. The molecule has 1 unspecified atom stereocenters. The Bertz CT molecular complexity index is 370. The molecule has 1 N–H and O–H groups in total. The molecule has 0 bridgehead atoms. The van der Waals surface area contributed by atoms with Crippen LogP contribution in [-0.2, 0) is 6.54 Å². The topological polar surface area (TPSA) is 28.2 Å².